The number of thiophene rings is 1. The van der Waals surface area contributed by atoms with Gasteiger partial charge in [0.15, 0.2) is 0 Å². The van der Waals surface area contributed by atoms with Crippen LogP contribution >= 0.6 is 11.3 Å². The van der Waals surface area contributed by atoms with E-state index in [2.05, 4.69) is 0 Å². The summed E-state index contributed by atoms with van der Waals surface area (Å²) >= 11 is 1.62. The molecule has 0 aromatic carbocycles. The summed E-state index contributed by atoms with van der Waals surface area (Å²) in [5.41, 5.74) is 0. The lowest BCUT2D eigenvalue weighted by atomic mass is 10.2. The van der Waals surface area contributed by atoms with Crippen LogP contribution < -0.4 is 0 Å². The van der Waals surface area contributed by atoms with E-state index in [1.54, 1.807) is 11.3 Å². The third kappa shape index (κ3) is 2.34. The van der Waals surface area contributed by atoms with Gasteiger partial charge in [-0.05, 0) is 17.9 Å². The fourth-order valence-electron chi connectivity index (χ4n) is 1.02. The second-order valence-electron chi connectivity index (χ2n) is 2.52. The maximum atomic E-state index is 10.7. The van der Waals surface area contributed by atoms with Crippen LogP contribution in [0, 0.1) is 0 Å². The molecule has 1 unspecified atom stereocenters. The van der Waals surface area contributed by atoms with Crippen molar-refractivity contribution in [3.8, 4) is 0 Å². The van der Waals surface area contributed by atoms with Crippen LogP contribution in [-0.4, -0.2) is 5.97 Å². The Hall–Kier alpha value is -0.830. The van der Waals surface area contributed by atoms with Crippen LogP contribution in [0.3, 0.4) is 0 Å². The van der Waals surface area contributed by atoms with Crippen LogP contribution in [0.15, 0.2) is 17.5 Å². The Morgan fingerprint density at radius 2 is 2.50 bits per heavy atom. The zero-order valence-corrected chi connectivity index (χ0v) is 8.06. The van der Waals surface area contributed by atoms with Gasteiger partial charge in [0.2, 0.25) is 0 Å². The summed E-state index contributed by atoms with van der Waals surface area (Å²) in [7, 11) is 0. The molecule has 0 saturated heterocycles. The average Bonchev–Trinajstić information content (AvgIpc) is 2.51. The van der Waals surface area contributed by atoms with E-state index in [4.69, 9.17) is 4.74 Å². The van der Waals surface area contributed by atoms with Crippen molar-refractivity contribution in [3.05, 3.63) is 22.4 Å². The average molecular weight is 184 g/mol. The molecule has 1 rings (SSSR count). The lowest BCUT2D eigenvalue weighted by Crippen LogP contribution is -2.05. The van der Waals surface area contributed by atoms with Crippen molar-refractivity contribution in [3.63, 3.8) is 0 Å². The van der Waals surface area contributed by atoms with E-state index < -0.39 is 0 Å². The van der Waals surface area contributed by atoms with Crippen LogP contribution in [0.2, 0.25) is 0 Å². The maximum absolute atomic E-state index is 10.7. The number of carbonyl (C=O) groups is 1. The summed E-state index contributed by atoms with van der Waals surface area (Å²) in [4.78, 5) is 11.8. The first-order chi connectivity index (χ1) is 5.74. The molecule has 1 aromatic rings. The molecule has 0 fully saturated rings. The van der Waals surface area contributed by atoms with Crippen LogP contribution in [0.1, 0.15) is 31.2 Å². The summed E-state index contributed by atoms with van der Waals surface area (Å²) in [6.45, 7) is 3.45. The summed E-state index contributed by atoms with van der Waals surface area (Å²) in [6, 6.07) is 3.95. The van der Waals surface area contributed by atoms with Crippen molar-refractivity contribution in [1.82, 2.24) is 0 Å². The van der Waals surface area contributed by atoms with Gasteiger partial charge in [0, 0.05) is 11.8 Å². The van der Waals surface area contributed by atoms with Gasteiger partial charge in [-0.25, -0.2) is 0 Å². The standard InChI is InChI=1S/C9H12O2S/c1-3-8(11-7(2)10)9-5-4-6-12-9/h4-6,8H,3H2,1-2H3. The van der Waals surface area contributed by atoms with Gasteiger partial charge in [-0.3, -0.25) is 4.79 Å². The van der Waals surface area contributed by atoms with E-state index in [-0.39, 0.29) is 12.1 Å². The number of rotatable bonds is 3. The van der Waals surface area contributed by atoms with Crippen LogP contribution in [0.5, 0.6) is 0 Å². The molecule has 0 radical (unpaired) electrons. The van der Waals surface area contributed by atoms with Crippen molar-refractivity contribution in [1.29, 1.82) is 0 Å². The lowest BCUT2D eigenvalue weighted by Gasteiger charge is -2.12. The third-order valence-corrected chi connectivity index (χ3v) is 2.50. The Morgan fingerprint density at radius 1 is 1.75 bits per heavy atom. The predicted molar refractivity (Wildman–Crippen MR) is 49.1 cm³/mol. The Morgan fingerprint density at radius 3 is 2.92 bits per heavy atom. The number of ether oxygens (including phenoxy) is 1. The molecule has 66 valence electrons. The molecule has 0 bridgehead atoms. The summed E-state index contributed by atoms with van der Waals surface area (Å²) < 4.78 is 5.12. The highest BCUT2D eigenvalue weighted by molar-refractivity contribution is 7.10. The summed E-state index contributed by atoms with van der Waals surface area (Å²) in [6.07, 6.45) is 0.780. The van der Waals surface area contributed by atoms with Gasteiger partial charge >= 0.3 is 5.97 Å². The van der Waals surface area contributed by atoms with Crippen LogP contribution in [0.25, 0.3) is 0 Å². The Labute approximate surface area is 76.2 Å². The highest BCUT2D eigenvalue weighted by Gasteiger charge is 2.12. The second kappa shape index (κ2) is 4.26. The molecule has 0 saturated carbocycles. The molecule has 1 heterocycles. The van der Waals surface area contributed by atoms with Crippen molar-refractivity contribution in [2.24, 2.45) is 0 Å². The molecule has 0 amide bonds. The molecule has 2 nitrogen and oxygen atoms in total. The largest absolute Gasteiger partial charge is 0.457 e. The maximum Gasteiger partial charge on any atom is 0.303 e. The normalized spacial score (nSPS) is 12.5. The van der Waals surface area contributed by atoms with Crippen molar-refractivity contribution < 1.29 is 9.53 Å². The van der Waals surface area contributed by atoms with Gasteiger partial charge in [-0.1, -0.05) is 13.0 Å². The van der Waals surface area contributed by atoms with Crippen LogP contribution in [-0.2, 0) is 9.53 Å². The minimum Gasteiger partial charge on any atom is -0.457 e. The zero-order chi connectivity index (χ0) is 8.97. The predicted octanol–water partition coefficient (Wildman–Crippen LogP) is 2.76. The van der Waals surface area contributed by atoms with Crippen molar-refractivity contribution >= 4 is 17.3 Å². The third-order valence-electron chi connectivity index (χ3n) is 1.54. The first-order valence-electron chi connectivity index (χ1n) is 3.94. The van der Waals surface area contributed by atoms with Gasteiger partial charge in [0.05, 0.1) is 0 Å². The van der Waals surface area contributed by atoms with E-state index in [9.17, 15) is 4.79 Å². The lowest BCUT2D eigenvalue weighted by molar-refractivity contribution is -0.146. The fourth-order valence-corrected chi connectivity index (χ4v) is 1.86. The summed E-state index contributed by atoms with van der Waals surface area (Å²) in [5, 5.41) is 1.99. The van der Waals surface area contributed by atoms with E-state index in [1.165, 1.54) is 6.92 Å². The molecule has 1 atom stereocenters. The second-order valence-corrected chi connectivity index (χ2v) is 3.50. The van der Waals surface area contributed by atoms with E-state index in [0.717, 1.165) is 11.3 Å². The highest BCUT2D eigenvalue weighted by atomic mass is 32.1. The smallest absolute Gasteiger partial charge is 0.303 e. The van der Waals surface area contributed by atoms with Gasteiger partial charge < -0.3 is 4.74 Å². The van der Waals surface area contributed by atoms with Gasteiger partial charge in [-0.15, -0.1) is 11.3 Å². The van der Waals surface area contributed by atoms with Crippen molar-refractivity contribution in [2.75, 3.05) is 0 Å². The molecule has 0 N–H and O–H groups in total. The van der Waals surface area contributed by atoms with Gasteiger partial charge in [0.25, 0.3) is 0 Å². The first kappa shape index (κ1) is 9.26. The Bertz CT molecular complexity index is 241. The molecular formula is C9H12O2S. The molecule has 12 heavy (non-hydrogen) atoms. The number of hydrogen-bond donors (Lipinski definition) is 0. The molecule has 3 heteroatoms. The quantitative estimate of drug-likeness (QED) is 0.675. The zero-order valence-electron chi connectivity index (χ0n) is 7.24. The first-order valence-corrected chi connectivity index (χ1v) is 4.82. The summed E-state index contributed by atoms with van der Waals surface area (Å²) in [5.74, 6) is -0.213. The number of hydrogen-bond acceptors (Lipinski definition) is 3. The fraction of sp³-hybridized carbons (Fsp3) is 0.444. The minimum absolute atomic E-state index is 0.0532. The van der Waals surface area contributed by atoms with E-state index in [0.29, 0.717) is 0 Å². The SMILES string of the molecule is CCC(OC(C)=O)c1cccs1. The molecular weight excluding hydrogens is 172 g/mol. The molecule has 0 spiro atoms. The molecule has 0 aliphatic rings. The Kier molecular flexibility index (Phi) is 3.29. The molecule has 1 aromatic heterocycles. The molecule has 0 aliphatic heterocycles. The minimum atomic E-state index is -0.213. The highest BCUT2D eigenvalue weighted by Crippen LogP contribution is 2.25. The topological polar surface area (TPSA) is 26.3 Å². The van der Waals surface area contributed by atoms with Gasteiger partial charge in [-0.2, -0.15) is 0 Å². The van der Waals surface area contributed by atoms with Crippen LogP contribution in [0.4, 0.5) is 0 Å². The number of carbonyl (C=O) groups excluding carboxylic acids is 1. The van der Waals surface area contributed by atoms with E-state index in [1.807, 2.05) is 24.4 Å². The Balaban J connectivity index is 2.63. The molecule has 0 aliphatic carbocycles. The van der Waals surface area contributed by atoms with Gasteiger partial charge in [0.1, 0.15) is 6.10 Å². The number of esters is 1. The van der Waals surface area contributed by atoms with E-state index >= 15 is 0 Å². The monoisotopic (exact) mass is 184 g/mol. The van der Waals surface area contributed by atoms with Crippen molar-refractivity contribution in [2.45, 2.75) is 26.4 Å².